The van der Waals surface area contributed by atoms with Crippen LogP contribution >= 0.6 is 0 Å². The lowest BCUT2D eigenvalue weighted by Crippen LogP contribution is -2.60. The molecule has 2 aliphatic rings. The van der Waals surface area contributed by atoms with Gasteiger partial charge < -0.3 is 29.7 Å². The molecule has 4 aromatic carbocycles. The first-order valence-corrected chi connectivity index (χ1v) is 20.1. The SMILES string of the molecule is C[C@@H](C(=O)NC(Cc1ccc(OCc2ccc(C(=O)O)cc2)cc1)C(=O)N1Cc2ccccc2CC1C(=O)N(C)C1CCCc2ccccc21)N(C)C(=O)OC(C)(C)C. The molecule has 6 rings (SSSR count). The van der Waals surface area contributed by atoms with E-state index in [1.807, 2.05) is 55.6 Å². The van der Waals surface area contributed by atoms with Crippen LogP contribution in [0.4, 0.5) is 4.79 Å². The van der Waals surface area contributed by atoms with Gasteiger partial charge in [0.15, 0.2) is 0 Å². The van der Waals surface area contributed by atoms with Gasteiger partial charge in [0.25, 0.3) is 0 Å². The van der Waals surface area contributed by atoms with Gasteiger partial charge in [-0.1, -0.05) is 72.8 Å². The maximum absolute atomic E-state index is 15.0. The van der Waals surface area contributed by atoms with Crippen LogP contribution in [0.25, 0.3) is 0 Å². The molecule has 4 aromatic rings. The zero-order chi connectivity index (χ0) is 42.4. The van der Waals surface area contributed by atoms with E-state index in [4.69, 9.17) is 9.47 Å². The van der Waals surface area contributed by atoms with E-state index in [1.54, 1.807) is 61.8 Å². The maximum atomic E-state index is 15.0. The molecule has 4 amide bonds. The third kappa shape index (κ3) is 10.3. The molecule has 0 bridgehead atoms. The Hall–Kier alpha value is -6.17. The Bertz CT molecular complexity index is 2160. The Balaban J connectivity index is 1.27. The van der Waals surface area contributed by atoms with Crippen LogP contribution in [-0.4, -0.2) is 87.4 Å². The van der Waals surface area contributed by atoms with Crippen molar-refractivity contribution in [1.82, 2.24) is 20.0 Å². The van der Waals surface area contributed by atoms with Gasteiger partial charge in [-0.3, -0.25) is 19.3 Å². The Morgan fingerprint density at radius 1 is 0.847 bits per heavy atom. The minimum absolute atomic E-state index is 0.0925. The Kier molecular flexibility index (Phi) is 13.1. The second-order valence-corrected chi connectivity index (χ2v) is 16.5. The van der Waals surface area contributed by atoms with Gasteiger partial charge in [-0.05, 0) is 105 Å². The molecule has 12 heteroatoms. The van der Waals surface area contributed by atoms with E-state index < -0.39 is 47.6 Å². The molecule has 1 aliphatic carbocycles. The van der Waals surface area contributed by atoms with E-state index in [0.29, 0.717) is 12.2 Å². The largest absolute Gasteiger partial charge is 0.489 e. The summed E-state index contributed by atoms with van der Waals surface area (Å²) in [6.45, 7) is 7.19. The molecule has 0 fully saturated rings. The first-order chi connectivity index (χ1) is 28.1. The summed E-state index contributed by atoms with van der Waals surface area (Å²) >= 11 is 0. The van der Waals surface area contributed by atoms with Gasteiger partial charge in [0.2, 0.25) is 17.7 Å². The van der Waals surface area contributed by atoms with E-state index in [2.05, 4.69) is 17.4 Å². The van der Waals surface area contributed by atoms with E-state index in [9.17, 15) is 24.3 Å². The number of carbonyl (C=O) groups is 5. The number of aryl methyl sites for hydroxylation is 1. The molecule has 310 valence electrons. The fourth-order valence-electron chi connectivity index (χ4n) is 7.72. The van der Waals surface area contributed by atoms with Crippen molar-refractivity contribution in [2.45, 2.75) is 103 Å². The van der Waals surface area contributed by atoms with Crippen LogP contribution in [0.3, 0.4) is 0 Å². The van der Waals surface area contributed by atoms with Crippen molar-refractivity contribution in [1.29, 1.82) is 0 Å². The summed E-state index contributed by atoms with van der Waals surface area (Å²) in [4.78, 5) is 72.5. The molecule has 0 spiro atoms. The highest BCUT2D eigenvalue weighted by molar-refractivity contribution is 5.94. The number of carboxylic acids is 1. The molecule has 4 atom stereocenters. The van der Waals surface area contributed by atoms with Crippen molar-refractivity contribution in [3.05, 3.63) is 136 Å². The predicted molar refractivity (Wildman–Crippen MR) is 223 cm³/mol. The fraction of sp³-hybridized carbons (Fsp3) is 0.383. The lowest BCUT2D eigenvalue weighted by molar-refractivity contribution is -0.149. The van der Waals surface area contributed by atoms with Crippen molar-refractivity contribution in [2.75, 3.05) is 14.1 Å². The number of benzene rings is 4. The molecular weight excluding hydrogens is 749 g/mol. The Labute approximate surface area is 346 Å². The summed E-state index contributed by atoms with van der Waals surface area (Å²) in [6, 6.07) is 26.6. The van der Waals surface area contributed by atoms with Gasteiger partial charge >= 0.3 is 12.1 Å². The molecule has 3 unspecified atom stereocenters. The molecule has 59 heavy (non-hydrogen) atoms. The average molecular weight is 803 g/mol. The quantitative estimate of drug-likeness (QED) is 0.160. The topological polar surface area (TPSA) is 146 Å². The molecule has 1 heterocycles. The first-order valence-electron chi connectivity index (χ1n) is 20.1. The standard InChI is InChI=1S/C47H54N4O8/c1-30(49(5)46(57)59-47(2,3)4)42(52)48-39(26-31-20-24-37(25-21-31)58-29-32-18-22-34(23-19-32)45(55)56)43(53)51-28-36-14-8-7-13-35(36)27-41(51)44(54)50(6)40-17-11-15-33-12-9-10-16-38(33)40/h7-10,12-14,16,18-25,30,39-41H,11,15,17,26-29H2,1-6H3,(H,48,52)(H,55,56)/t30-,39?,40?,41?/m0/s1. The number of likely N-dealkylation sites (N-methyl/N-ethyl adjacent to an activating group) is 2. The summed E-state index contributed by atoms with van der Waals surface area (Å²) in [7, 11) is 3.30. The number of nitrogens with zero attached hydrogens (tertiary/aromatic N) is 3. The lowest BCUT2D eigenvalue weighted by Gasteiger charge is -2.42. The van der Waals surface area contributed by atoms with Crippen LogP contribution in [0.2, 0.25) is 0 Å². The van der Waals surface area contributed by atoms with E-state index in [1.165, 1.54) is 29.6 Å². The number of rotatable bonds is 12. The van der Waals surface area contributed by atoms with E-state index in [-0.39, 0.29) is 37.1 Å². The minimum atomic E-state index is -1.10. The van der Waals surface area contributed by atoms with Crippen LogP contribution in [0.5, 0.6) is 5.75 Å². The van der Waals surface area contributed by atoms with Crippen molar-refractivity contribution < 1.29 is 38.6 Å². The molecule has 0 saturated heterocycles. The van der Waals surface area contributed by atoms with Gasteiger partial charge in [0.1, 0.15) is 36.1 Å². The number of hydrogen-bond donors (Lipinski definition) is 2. The van der Waals surface area contributed by atoms with E-state index in [0.717, 1.165) is 47.1 Å². The molecular formula is C47H54N4O8. The smallest absolute Gasteiger partial charge is 0.410 e. The first kappa shape index (κ1) is 42.4. The van der Waals surface area contributed by atoms with Crippen LogP contribution in [0, 0.1) is 0 Å². The number of aromatic carboxylic acids is 1. The predicted octanol–water partition coefficient (Wildman–Crippen LogP) is 6.74. The number of fused-ring (bicyclic) bond motifs is 2. The molecule has 0 radical (unpaired) electrons. The second-order valence-electron chi connectivity index (χ2n) is 16.5. The summed E-state index contributed by atoms with van der Waals surface area (Å²) in [5.41, 5.74) is 5.21. The number of carbonyl (C=O) groups excluding carboxylic acids is 4. The highest BCUT2D eigenvalue weighted by atomic mass is 16.6. The molecule has 1 aliphatic heterocycles. The molecule has 0 aromatic heterocycles. The molecule has 0 saturated carbocycles. The Morgan fingerprint density at radius 2 is 1.47 bits per heavy atom. The number of ether oxygens (including phenoxy) is 2. The minimum Gasteiger partial charge on any atom is -0.489 e. The van der Waals surface area contributed by atoms with E-state index >= 15 is 4.79 Å². The fourth-order valence-corrected chi connectivity index (χ4v) is 7.72. The number of carboxylic acid groups (broad SMARTS) is 1. The van der Waals surface area contributed by atoms with Gasteiger partial charge in [0, 0.05) is 33.5 Å². The zero-order valence-corrected chi connectivity index (χ0v) is 34.6. The number of hydrogen-bond acceptors (Lipinski definition) is 7. The van der Waals surface area contributed by atoms with Gasteiger partial charge in [0.05, 0.1) is 11.6 Å². The third-order valence-electron chi connectivity index (χ3n) is 11.2. The van der Waals surface area contributed by atoms with Gasteiger partial charge in [-0.25, -0.2) is 9.59 Å². The van der Waals surface area contributed by atoms with Crippen molar-refractivity contribution >= 4 is 29.8 Å². The van der Waals surface area contributed by atoms with Crippen LogP contribution < -0.4 is 10.1 Å². The number of nitrogens with one attached hydrogen (secondary N) is 1. The maximum Gasteiger partial charge on any atom is 0.410 e. The highest BCUT2D eigenvalue weighted by Gasteiger charge is 2.41. The molecule has 2 N–H and O–H groups in total. The van der Waals surface area contributed by atoms with Crippen molar-refractivity contribution in [3.8, 4) is 5.75 Å². The highest BCUT2D eigenvalue weighted by Crippen LogP contribution is 2.35. The summed E-state index contributed by atoms with van der Waals surface area (Å²) < 4.78 is 11.5. The van der Waals surface area contributed by atoms with Gasteiger partial charge in [-0.2, -0.15) is 0 Å². The average Bonchev–Trinajstić information content (AvgIpc) is 3.23. The van der Waals surface area contributed by atoms with Crippen molar-refractivity contribution in [3.63, 3.8) is 0 Å². The van der Waals surface area contributed by atoms with Gasteiger partial charge in [-0.15, -0.1) is 0 Å². The van der Waals surface area contributed by atoms with Crippen LogP contribution in [0.15, 0.2) is 97.1 Å². The third-order valence-corrected chi connectivity index (χ3v) is 11.2. The summed E-state index contributed by atoms with van der Waals surface area (Å²) in [5.74, 6) is -1.59. The van der Waals surface area contributed by atoms with Crippen molar-refractivity contribution in [2.24, 2.45) is 0 Å². The molecule has 12 nitrogen and oxygen atoms in total. The normalized spacial score (nSPS) is 17.0. The second kappa shape index (κ2) is 18.2. The summed E-state index contributed by atoms with van der Waals surface area (Å²) in [5, 5.41) is 12.1. The zero-order valence-electron chi connectivity index (χ0n) is 34.6. The Morgan fingerprint density at radius 3 is 2.14 bits per heavy atom. The summed E-state index contributed by atoms with van der Waals surface area (Å²) in [6.07, 6.45) is 2.45. The van der Waals surface area contributed by atoms with Crippen LogP contribution in [-0.2, 0) is 51.5 Å². The number of amides is 4. The monoisotopic (exact) mass is 802 g/mol. The lowest BCUT2D eigenvalue weighted by atomic mass is 9.86. The van der Waals surface area contributed by atoms with Crippen LogP contribution in [0.1, 0.15) is 90.3 Å².